The molecule has 1 aromatic carbocycles. The number of Topliss-reactive ketones (excluding diaryl/α,β-unsaturated/α-hetero) is 1. The lowest BCUT2D eigenvalue weighted by Gasteiger charge is -2.04. The van der Waals surface area contributed by atoms with E-state index in [0.717, 1.165) is 10.9 Å². The summed E-state index contributed by atoms with van der Waals surface area (Å²) in [4.78, 5) is 22.6. The molecule has 0 bridgehead atoms. The fraction of sp³-hybridized carbons (Fsp3) is 0.250. The van der Waals surface area contributed by atoms with Gasteiger partial charge < -0.3 is 5.32 Å². The smallest absolute Gasteiger partial charge is 0.231 e. The first-order chi connectivity index (χ1) is 8.19. The van der Waals surface area contributed by atoms with Gasteiger partial charge in [0.2, 0.25) is 5.91 Å². The van der Waals surface area contributed by atoms with Gasteiger partial charge in [-0.1, -0.05) is 6.92 Å². The van der Waals surface area contributed by atoms with Crippen molar-refractivity contribution in [1.29, 1.82) is 0 Å². The molecule has 2 rings (SSSR count). The monoisotopic (exact) mass is 231 g/mol. The van der Waals surface area contributed by atoms with Crippen LogP contribution in [0.1, 0.15) is 19.8 Å². The Hall–Kier alpha value is -2.17. The quantitative estimate of drug-likeness (QED) is 0.789. The average molecular weight is 231 g/mol. The van der Waals surface area contributed by atoms with E-state index in [4.69, 9.17) is 0 Å². The summed E-state index contributed by atoms with van der Waals surface area (Å²) in [7, 11) is 0. The van der Waals surface area contributed by atoms with E-state index in [9.17, 15) is 9.59 Å². The van der Waals surface area contributed by atoms with Crippen molar-refractivity contribution >= 4 is 28.3 Å². The highest BCUT2D eigenvalue weighted by Crippen LogP contribution is 2.16. The van der Waals surface area contributed by atoms with Gasteiger partial charge >= 0.3 is 0 Å². The highest BCUT2D eigenvalue weighted by atomic mass is 16.2. The number of hydrogen-bond acceptors (Lipinski definition) is 3. The Morgan fingerprint density at radius 3 is 3.00 bits per heavy atom. The maximum atomic E-state index is 11.5. The van der Waals surface area contributed by atoms with Crippen molar-refractivity contribution in [3.63, 3.8) is 0 Å². The molecule has 0 aliphatic heterocycles. The van der Waals surface area contributed by atoms with Crippen LogP contribution in [0.15, 0.2) is 24.4 Å². The normalized spacial score (nSPS) is 10.4. The predicted molar refractivity (Wildman–Crippen MR) is 64.6 cm³/mol. The van der Waals surface area contributed by atoms with Crippen molar-refractivity contribution in [2.24, 2.45) is 0 Å². The Labute approximate surface area is 98.2 Å². The third-order valence-corrected chi connectivity index (χ3v) is 2.48. The molecule has 0 atom stereocenters. The number of H-pyrrole nitrogens is 1. The number of benzene rings is 1. The number of amides is 1. The first-order valence-corrected chi connectivity index (χ1v) is 5.43. The molecule has 2 aromatic rings. The van der Waals surface area contributed by atoms with Crippen LogP contribution in [-0.4, -0.2) is 21.9 Å². The van der Waals surface area contributed by atoms with Crippen LogP contribution in [0.2, 0.25) is 0 Å². The summed E-state index contributed by atoms with van der Waals surface area (Å²) >= 11 is 0. The number of nitrogens with zero attached hydrogens (tertiary/aromatic N) is 1. The van der Waals surface area contributed by atoms with Crippen LogP contribution in [0.25, 0.3) is 10.9 Å². The standard InChI is InChI=1S/C12H13N3O2/c1-2-10(16)6-12(17)14-9-3-4-11-8(5-9)7-13-15-11/h3-5,7H,2,6H2,1H3,(H,13,15)(H,14,17). The van der Waals surface area contributed by atoms with Gasteiger partial charge in [0.15, 0.2) is 0 Å². The molecule has 5 heteroatoms. The van der Waals surface area contributed by atoms with Crippen molar-refractivity contribution in [3.05, 3.63) is 24.4 Å². The highest BCUT2D eigenvalue weighted by Gasteiger charge is 2.08. The van der Waals surface area contributed by atoms with Crippen LogP contribution in [0.5, 0.6) is 0 Å². The van der Waals surface area contributed by atoms with Gasteiger partial charge in [0.25, 0.3) is 0 Å². The van der Waals surface area contributed by atoms with E-state index in [2.05, 4.69) is 15.5 Å². The Kier molecular flexibility index (Phi) is 3.18. The predicted octanol–water partition coefficient (Wildman–Crippen LogP) is 1.87. The fourth-order valence-corrected chi connectivity index (χ4v) is 1.53. The molecule has 0 aliphatic rings. The lowest BCUT2D eigenvalue weighted by atomic mass is 10.2. The van der Waals surface area contributed by atoms with Crippen LogP contribution in [0.4, 0.5) is 5.69 Å². The fourth-order valence-electron chi connectivity index (χ4n) is 1.53. The molecule has 88 valence electrons. The van der Waals surface area contributed by atoms with Crippen LogP contribution >= 0.6 is 0 Å². The van der Waals surface area contributed by atoms with Crippen LogP contribution in [-0.2, 0) is 9.59 Å². The number of carbonyl (C=O) groups excluding carboxylic acids is 2. The Bertz CT molecular complexity index is 560. The highest BCUT2D eigenvalue weighted by molar-refractivity contribution is 6.04. The molecule has 0 saturated carbocycles. The van der Waals surface area contributed by atoms with E-state index in [1.165, 1.54) is 0 Å². The molecule has 0 saturated heterocycles. The van der Waals surface area contributed by atoms with Crippen molar-refractivity contribution in [2.45, 2.75) is 19.8 Å². The van der Waals surface area contributed by atoms with Crippen molar-refractivity contribution in [1.82, 2.24) is 10.2 Å². The molecule has 2 N–H and O–H groups in total. The zero-order chi connectivity index (χ0) is 12.3. The maximum Gasteiger partial charge on any atom is 0.231 e. The first-order valence-electron chi connectivity index (χ1n) is 5.43. The molecule has 0 aliphatic carbocycles. The molecule has 0 spiro atoms. The van der Waals surface area contributed by atoms with Crippen molar-refractivity contribution in [3.8, 4) is 0 Å². The van der Waals surface area contributed by atoms with Gasteiger partial charge in [-0.2, -0.15) is 5.10 Å². The number of anilines is 1. The second-order valence-corrected chi connectivity index (χ2v) is 3.79. The number of aromatic amines is 1. The summed E-state index contributed by atoms with van der Waals surface area (Å²) in [6.45, 7) is 1.74. The minimum atomic E-state index is -0.278. The van der Waals surface area contributed by atoms with Crippen molar-refractivity contribution < 1.29 is 9.59 Å². The molecule has 0 fully saturated rings. The Morgan fingerprint density at radius 2 is 2.24 bits per heavy atom. The summed E-state index contributed by atoms with van der Waals surface area (Å²) in [5, 5.41) is 10.3. The number of hydrogen-bond donors (Lipinski definition) is 2. The summed E-state index contributed by atoms with van der Waals surface area (Å²) in [6, 6.07) is 5.42. The largest absolute Gasteiger partial charge is 0.326 e. The van der Waals surface area contributed by atoms with E-state index >= 15 is 0 Å². The SMILES string of the molecule is CCC(=O)CC(=O)Nc1ccc2[nH]ncc2c1. The molecule has 0 radical (unpaired) electrons. The van der Waals surface area contributed by atoms with Crippen LogP contribution < -0.4 is 5.32 Å². The molecule has 1 aromatic heterocycles. The van der Waals surface area contributed by atoms with Crippen LogP contribution in [0.3, 0.4) is 0 Å². The molecule has 1 amide bonds. The lowest BCUT2D eigenvalue weighted by Crippen LogP contribution is -2.15. The van der Waals surface area contributed by atoms with Gasteiger partial charge in [0.1, 0.15) is 5.78 Å². The van der Waals surface area contributed by atoms with Gasteiger partial charge in [-0.25, -0.2) is 0 Å². The number of nitrogens with one attached hydrogen (secondary N) is 2. The minimum absolute atomic E-state index is 0.0631. The van der Waals surface area contributed by atoms with E-state index < -0.39 is 0 Å². The summed E-state index contributed by atoms with van der Waals surface area (Å²) in [5.74, 6) is -0.341. The summed E-state index contributed by atoms with van der Waals surface area (Å²) < 4.78 is 0. The second-order valence-electron chi connectivity index (χ2n) is 3.79. The van der Waals surface area contributed by atoms with E-state index in [-0.39, 0.29) is 18.1 Å². The van der Waals surface area contributed by atoms with Crippen molar-refractivity contribution in [2.75, 3.05) is 5.32 Å². The van der Waals surface area contributed by atoms with Gasteiger partial charge in [-0.15, -0.1) is 0 Å². The Balaban J connectivity index is 2.07. The van der Waals surface area contributed by atoms with Crippen LogP contribution in [0, 0.1) is 0 Å². The maximum absolute atomic E-state index is 11.5. The number of rotatable bonds is 4. The van der Waals surface area contributed by atoms with Gasteiger partial charge in [-0.3, -0.25) is 14.7 Å². The zero-order valence-electron chi connectivity index (χ0n) is 9.49. The molecule has 17 heavy (non-hydrogen) atoms. The third kappa shape index (κ3) is 2.69. The molecular formula is C12H13N3O2. The molecular weight excluding hydrogens is 218 g/mol. The van der Waals surface area contributed by atoms with Gasteiger partial charge in [0, 0.05) is 17.5 Å². The third-order valence-electron chi connectivity index (χ3n) is 2.48. The number of carbonyl (C=O) groups is 2. The Morgan fingerprint density at radius 1 is 1.41 bits per heavy atom. The van der Waals surface area contributed by atoms with E-state index in [1.54, 1.807) is 19.2 Å². The number of ketones is 1. The number of aromatic nitrogens is 2. The number of fused-ring (bicyclic) bond motifs is 1. The summed E-state index contributed by atoms with van der Waals surface area (Å²) in [6.07, 6.45) is 2.00. The first kappa shape index (κ1) is 11.3. The second kappa shape index (κ2) is 4.78. The molecule has 0 unspecified atom stereocenters. The van der Waals surface area contributed by atoms with Gasteiger partial charge in [-0.05, 0) is 18.2 Å². The molecule has 1 heterocycles. The summed E-state index contributed by atoms with van der Waals surface area (Å²) in [5.41, 5.74) is 1.58. The lowest BCUT2D eigenvalue weighted by molar-refractivity contribution is -0.125. The van der Waals surface area contributed by atoms with E-state index in [0.29, 0.717) is 12.1 Å². The van der Waals surface area contributed by atoms with E-state index in [1.807, 2.05) is 12.1 Å². The zero-order valence-corrected chi connectivity index (χ0v) is 9.49. The topological polar surface area (TPSA) is 74.8 Å². The average Bonchev–Trinajstić information content (AvgIpc) is 2.75. The minimum Gasteiger partial charge on any atom is -0.326 e. The molecule has 5 nitrogen and oxygen atoms in total. The van der Waals surface area contributed by atoms with Gasteiger partial charge in [0.05, 0.1) is 18.1 Å².